The molecule has 1 aromatic rings. The largest absolute Gasteiger partial charge is 0.483 e. The van der Waals surface area contributed by atoms with Crippen LogP contribution in [0.25, 0.3) is 0 Å². The molecule has 0 bridgehead atoms. The Hall–Kier alpha value is -1.08. The summed E-state index contributed by atoms with van der Waals surface area (Å²) >= 11 is 6.72. The molecule has 0 radical (unpaired) electrons. The van der Waals surface area contributed by atoms with E-state index in [0.29, 0.717) is 25.1 Å². The lowest BCUT2D eigenvalue weighted by Gasteiger charge is -2.23. The number of nitrogens with one attached hydrogen (secondary N) is 2. The fourth-order valence-electron chi connectivity index (χ4n) is 1.86. The Balaban J connectivity index is 1.78. The molecule has 1 fully saturated rings. The molecule has 5 nitrogen and oxygen atoms in total. The van der Waals surface area contributed by atoms with E-state index in [2.05, 4.69) is 42.5 Å². The number of piperidine rings is 1. The van der Waals surface area contributed by atoms with Crippen LogP contribution in [-0.2, 0) is 9.59 Å². The molecule has 108 valence electrons. The number of rotatable bonds is 4. The molecule has 20 heavy (non-hydrogen) atoms. The molecule has 0 aliphatic carbocycles. The lowest BCUT2D eigenvalue weighted by Crippen LogP contribution is -2.48. The van der Waals surface area contributed by atoms with E-state index in [4.69, 9.17) is 4.74 Å². The van der Waals surface area contributed by atoms with Crippen molar-refractivity contribution in [1.29, 1.82) is 0 Å². The highest BCUT2D eigenvalue weighted by Gasteiger charge is 2.19. The van der Waals surface area contributed by atoms with Gasteiger partial charge in [0.15, 0.2) is 6.61 Å². The lowest BCUT2D eigenvalue weighted by molar-refractivity contribution is -0.126. The molecule has 1 heterocycles. The highest BCUT2D eigenvalue weighted by atomic mass is 79.9. The highest BCUT2D eigenvalue weighted by Crippen LogP contribution is 2.28. The van der Waals surface area contributed by atoms with Gasteiger partial charge in [0.05, 0.1) is 4.47 Å². The van der Waals surface area contributed by atoms with Crippen molar-refractivity contribution in [1.82, 2.24) is 10.6 Å². The van der Waals surface area contributed by atoms with Crippen LogP contribution >= 0.6 is 31.9 Å². The summed E-state index contributed by atoms with van der Waals surface area (Å²) in [4.78, 5) is 22.8. The number of carbonyl (C=O) groups excluding carboxylic acids is 2. The van der Waals surface area contributed by atoms with Gasteiger partial charge >= 0.3 is 0 Å². The van der Waals surface area contributed by atoms with Gasteiger partial charge in [-0.25, -0.2) is 0 Å². The van der Waals surface area contributed by atoms with Crippen LogP contribution in [0.15, 0.2) is 27.1 Å². The van der Waals surface area contributed by atoms with Crippen LogP contribution in [0.3, 0.4) is 0 Å². The second kappa shape index (κ2) is 7.08. The maximum atomic E-state index is 11.8. The first-order valence-electron chi connectivity index (χ1n) is 6.18. The Morgan fingerprint density at radius 2 is 2.25 bits per heavy atom. The molecule has 1 unspecified atom stereocenters. The summed E-state index contributed by atoms with van der Waals surface area (Å²) in [5.74, 6) is 0.451. The van der Waals surface area contributed by atoms with Crippen LogP contribution in [0.5, 0.6) is 5.75 Å². The zero-order valence-corrected chi connectivity index (χ0v) is 13.8. The molecule has 2 rings (SSSR count). The maximum absolute atomic E-state index is 11.8. The Morgan fingerprint density at radius 3 is 2.90 bits per heavy atom. The first-order valence-corrected chi connectivity index (χ1v) is 7.77. The first-order chi connectivity index (χ1) is 9.54. The number of amides is 2. The Bertz CT molecular complexity index is 512. The number of hydrogen-bond acceptors (Lipinski definition) is 3. The monoisotopic (exact) mass is 404 g/mol. The Kier molecular flexibility index (Phi) is 5.42. The van der Waals surface area contributed by atoms with Gasteiger partial charge in [-0.2, -0.15) is 0 Å². The molecule has 0 spiro atoms. The van der Waals surface area contributed by atoms with Gasteiger partial charge in [0.1, 0.15) is 5.75 Å². The zero-order valence-electron chi connectivity index (χ0n) is 10.6. The van der Waals surface area contributed by atoms with Crippen molar-refractivity contribution in [2.24, 2.45) is 0 Å². The van der Waals surface area contributed by atoms with Gasteiger partial charge in [-0.15, -0.1) is 0 Å². The van der Waals surface area contributed by atoms with Crippen LogP contribution in [0.4, 0.5) is 0 Å². The van der Waals surface area contributed by atoms with E-state index < -0.39 is 0 Å². The van der Waals surface area contributed by atoms with Crippen molar-refractivity contribution in [2.45, 2.75) is 18.9 Å². The van der Waals surface area contributed by atoms with Crippen molar-refractivity contribution in [3.63, 3.8) is 0 Å². The van der Waals surface area contributed by atoms with Crippen molar-refractivity contribution in [3.05, 3.63) is 27.1 Å². The van der Waals surface area contributed by atoms with Gasteiger partial charge in [-0.1, -0.05) is 15.9 Å². The maximum Gasteiger partial charge on any atom is 0.258 e. The number of benzene rings is 1. The molecule has 1 atom stereocenters. The number of halogens is 2. The second-order valence-corrected chi connectivity index (χ2v) is 6.24. The summed E-state index contributed by atoms with van der Waals surface area (Å²) in [6.07, 6.45) is 1.11. The highest BCUT2D eigenvalue weighted by molar-refractivity contribution is 9.11. The minimum absolute atomic E-state index is 0.0165. The van der Waals surface area contributed by atoms with Crippen molar-refractivity contribution >= 4 is 43.7 Å². The minimum atomic E-state index is -0.194. The third-order valence-corrected chi connectivity index (χ3v) is 4.00. The molecule has 2 N–H and O–H groups in total. The van der Waals surface area contributed by atoms with E-state index in [1.807, 2.05) is 12.1 Å². The summed E-state index contributed by atoms with van der Waals surface area (Å²) in [6.45, 7) is 0.428. The predicted molar refractivity (Wildman–Crippen MR) is 81.5 cm³/mol. The van der Waals surface area contributed by atoms with Crippen molar-refractivity contribution in [3.8, 4) is 5.75 Å². The number of carbonyl (C=O) groups is 2. The normalized spacial score (nSPS) is 18.3. The molecule has 1 aliphatic heterocycles. The fourth-order valence-corrected chi connectivity index (χ4v) is 3.02. The predicted octanol–water partition coefficient (Wildman–Crippen LogP) is 1.99. The van der Waals surface area contributed by atoms with Crippen LogP contribution in [0.2, 0.25) is 0 Å². The average molecular weight is 406 g/mol. The molecule has 2 amide bonds. The smallest absolute Gasteiger partial charge is 0.258 e. The molecular formula is C13H14Br2N2O3. The third kappa shape index (κ3) is 4.49. The quantitative estimate of drug-likeness (QED) is 0.804. The lowest BCUT2D eigenvalue weighted by atomic mass is 10.1. The van der Waals surface area contributed by atoms with Gasteiger partial charge in [0.2, 0.25) is 5.91 Å². The van der Waals surface area contributed by atoms with Gasteiger partial charge in [0.25, 0.3) is 5.91 Å². The summed E-state index contributed by atoms with van der Waals surface area (Å²) in [5, 5.41) is 5.56. The average Bonchev–Trinajstić information content (AvgIpc) is 2.40. The summed E-state index contributed by atoms with van der Waals surface area (Å²) in [7, 11) is 0. The molecule has 0 aromatic heterocycles. The van der Waals surface area contributed by atoms with Crippen LogP contribution in [0, 0.1) is 0 Å². The molecule has 1 aromatic carbocycles. The van der Waals surface area contributed by atoms with E-state index in [1.54, 1.807) is 6.07 Å². The van der Waals surface area contributed by atoms with Crippen molar-refractivity contribution in [2.75, 3.05) is 13.2 Å². The molecule has 7 heteroatoms. The van der Waals surface area contributed by atoms with Crippen LogP contribution in [-0.4, -0.2) is 31.0 Å². The third-order valence-electron chi connectivity index (χ3n) is 2.88. The van der Waals surface area contributed by atoms with Crippen LogP contribution < -0.4 is 15.4 Å². The fraction of sp³-hybridized carbons (Fsp3) is 0.385. The molecule has 1 aliphatic rings. The standard InChI is InChI=1S/C13H14Br2N2O3/c14-8-1-3-11(10(15)5-8)20-7-13(19)17-9-2-4-12(18)16-6-9/h1,3,5,9H,2,4,6-7H2,(H,16,18)(H,17,19). The summed E-state index contributed by atoms with van der Waals surface area (Å²) in [6, 6.07) is 5.46. The van der Waals surface area contributed by atoms with Crippen LogP contribution in [0.1, 0.15) is 12.8 Å². The summed E-state index contributed by atoms with van der Waals surface area (Å²) in [5.41, 5.74) is 0. The van der Waals surface area contributed by atoms with Gasteiger partial charge < -0.3 is 15.4 Å². The Morgan fingerprint density at radius 1 is 1.45 bits per heavy atom. The Labute approximate surface area is 133 Å². The minimum Gasteiger partial charge on any atom is -0.483 e. The number of ether oxygens (including phenoxy) is 1. The van der Waals surface area contributed by atoms with E-state index in [1.165, 1.54) is 0 Å². The summed E-state index contributed by atoms with van der Waals surface area (Å²) < 4.78 is 7.16. The van der Waals surface area contributed by atoms with E-state index in [-0.39, 0.29) is 24.5 Å². The van der Waals surface area contributed by atoms with E-state index >= 15 is 0 Å². The van der Waals surface area contributed by atoms with Gasteiger partial charge in [0, 0.05) is 23.5 Å². The molecule has 1 saturated heterocycles. The van der Waals surface area contributed by atoms with E-state index in [9.17, 15) is 9.59 Å². The first kappa shape index (κ1) is 15.3. The second-order valence-electron chi connectivity index (χ2n) is 4.47. The van der Waals surface area contributed by atoms with E-state index in [0.717, 1.165) is 8.95 Å². The number of hydrogen-bond donors (Lipinski definition) is 2. The van der Waals surface area contributed by atoms with Gasteiger partial charge in [-0.3, -0.25) is 9.59 Å². The zero-order chi connectivity index (χ0) is 14.5. The van der Waals surface area contributed by atoms with Crippen molar-refractivity contribution < 1.29 is 14.3 Å². The topological polar surface area (TPSA) is 67.4 Å². The SMILES string of the molecule is O=C1CCC(NC(=O)COc2ccc(Br)cc2Br)CN1. The molecular weight excluding hydrogens is 392 g/mol. The molecule has 0 saturated carbocycles. The van der Waals surface area contributed by atoms with Gasteiger partial charge in [-0.05, 0) is 40.5 Å².